The largest absolute Gasteiger partial charge is 0.328 e. The Morgan fingerprint density at radius 1 is 1.21 bits per heavy atom. The van der Waals surface area contributed by atoms with Gasteiger partial charge in [-0.1, -0.05) is 31.4 Å². The van der Waals surface area contributed by atoms with Gasteiger partial charge >= 0.3 is 0 Å². The van der Waals surface area contributed by atoms with Crippen molar-refractivity contribution >= 4 is 11.0 Å². The van der Waals surface area contributed by atoms with Gasteiger partial charge in [0.1, 0.15) is 5.82 Å². The average molecular weight is 257 g/mol. The van der Waals surface area contributed by atoms with Crippen LogP contribution in [0, 0.1) is 0 Å². The third kappa shape index (κ3) is 2.39. The van der Waals surface area contributed by atoms with Crippen LogP contribution in [0.1, 0.15) is 44.9 Å². The molecule has 0 atom stereocenters. The SMILES string of the molecule is CCn1c(CC2(N)CCCCC2)nc2ccccc21. The smallest absolute Gasteiger partial charge is 0.111 e. The third-order valence-electron chi connectivity index (χ3n) is 4.41. The molecular formula is C16H23N3. The molecule has 0 spiro atoms. The van der Waals surface area contributed by atoms with E-state index in [2.05, 4.69) is 35.8 Å². The Hall–Kier alpha value is -1.35. The number of aromatic nitrogens is 2. The number of fused-ring (bicyclic) bond motifs is 1. The molecule has 3 nitrogen and oxygen atoms in total. The van der Waals surface area contributed by atoms with Crippen molar-refractivity contribution in [3.63, 3.8) is 0 Å². The molecule has 0 amide bonds. The van der Waals surface area contributed by atoms with Crippen LogP contribution in [0.2, 0.25) is 0 Å². The fourth-order valence-electron chi connectivity index (χ4n) is 3.36. The van der Waals surface area contributed by atoms with Gasteiger partial charge in [-0.15, -0.1) is 0 Å². The molecule has 1 fully saturated rings. The van der Waals surface area contributed by atoms with Crippen molar-refractivity contribution in [2.45, 2.75) is 57.5 Å². The minimum atomic E-state index is -0.0352. The van der Waals surface area contributed by atoms with Gasteiger partial charge in [0.15, 0.2) is 0 Å². The molecule has 0 radical (unpaired) electrons. The summed E-state index contributed by atoms with van der Waals surface area (Å²) in [6.07, 6.45) is 7.06. The highest BCUT2D eigenvalue weighted by Gasteiger charge is 2.29. The molecule has 19 heavy (non-hydrogen) atoms. The molecular weight excluding hydrogens is 234 g/mol. The summed E-state index contributed by atoms with van der Waals surface area (Å²) in [5.74, 6) is 1.16. The quantitative estimate of drug-likeness (QED) is 0.917. The number of aryl methyl sites for hydroxylation is 1. The fourth-order valence-corrected chi connectivity index (χ4v) is 3.36. The first-order valence-electron chi connectivity index (χ1n) is 7.45. The van der Waals surface area contributed by atoms with E-state index in [0.717, 1.165) is 37.1 Å². The van der Waals surface area contributed by atoms with Crippen LogP contribution in [0.5, 0.6) is 0 Å². The third-order valence-corrected chi connectivity index (χ3v) is 4.41. The van der Waals surface area contributed by atoms with E-state index in [9.17, 15) is 0 Å². The van der Waals surface area contributed by atoms with Crippen LogP contribution in [0.25, 0.3) is 11.0 Å². The number of nitrogens with two attached hydrogens (primary N) is 1. The Balaban J connectivity index is 1.95. The minimum Gasteiger partial charge on any atom is -0.328 e. The van der Waals surface area contributed by atoms with Gasteiger partial charge in [-0.2, -0.15) is 0 Å². The molecule has 1 aliphatic carbocycles. The van der Waals surface area contributed by atoms with Gasteiger partial charge in [0, 0.05) is 18.5 Å². The van der Waals surface area contributed by atoms with Crippen molar-refractivity contribution < 1.29 is 0 Å². The molecule has 3 rings (SSSR count). The highest BCUT2D eigenvalue weighted by Crippen LogP contribution is 2.29. The summed E-state index contributed by atoms with van der Waals surface area (Å²) in [5, 5.41) is 0. The summed E-state index contributed by atoms with van der Waals surface area (Å²) >= 11 is 0. The van der Waals surface area contributed by atoms with Crippen molar-refractivity contribution in [2.24, 2.45) is 5.73 Å². The monoisotopic (exact) mass is 257 g/mol. The molecule has 2 aromatic rings. The number of hydrogen-bond donors (Lipinski definition) is 1. The van der Waals surface area contributed by atoms with E-state index < -0.39 is 0 Å². The van der Waals surface area contributed by atoms with Gasteiger partial charge < -0.3 is 10.3 Å². The normalized spacial score (nSPS) is 18.8. The van der Waals surface area contributed by atoms with E-state index in [-0.39, 0.29) is 5.54 Å². The first-order chi connectivity index (χ1) is 9.22. The second-order valence-corrected chi connectivity index (χ2v) is 5.86. The maximum absolute atomic E-state index is 6.58. The van der Waals surface area contributed by atoms with Crippen LogP contribution in [-0.2, 0) is 13.0 Å². The van der Waals surface area contributed by atoms with Crippen LogP contribution in [-0.4, -0.2) is 15.1 Å². The second kappa shape index (κ2) is 4.97. The zero-order valence-corrected chi connectivity index (χ0v) is 11.7. The maximum atomic E-state index is 6.58. The lowest BCUT2D eigenvalue weighted by molar-refractivity contribution is 0.287. The van der Waals surface area contributed by atoms with Crippen molar-refractivity contribution in [1.29, 1.82) is 0 Å². The van der Waals surface area contributed by atoms with Crippen molar-refractivity contribution in [3.05, 3.63) is 30.1 Å². The zero-order chi connectivity index (χ0) is 13.3. The van der Waals surface area contributed by atoms with E-state index >= 15 is 0 Å². The van der Waals surface area contributed by atoms with Gasteiger partial charge in [0.2, 0.25) is 0 Å². The van der Waals surface area contributed by atoms with E-state index in [4.69, 9.17) is 10.7 Å². The maximum Gasteiger partial charge on any atom is 0.111 e. The van der Waals surface area contributed by atoms with E-state index in [1.54, 1.807) is 0 Å². The van der Waals surface area contributed by atoms with E-state index in [1.165, 1.54) is 24.8 Å². The molecule has 0 unspecified atom stereocenters. The molecule has 0 bridgehead atoms. The van der Waals surface area contributed by atoms with Crippen LogP contribution in [0.15, 0.2) is 24.3 Å². The predicted octanol–water partition coefficient (Wildman–Crippen LogP) is 3.26. The molecule has 1 aromatic carbocycles. The van der Waals surface area contributed by atoms with Gasteiger partial charge in [-0.05, 0) is 31.9 Å². The lowest BCUT2D eigenvalue weighted by Crippen LogP contribution is -2.44. The Labute approximate surface area is 114 Å². The summed E-state index contributed by atoms with van der Waals surface area (Å²) in [5.41, 5.74) is 8.88. The standard InChI is InChI=1S/C16H23N3/c1-2-19-14-9-5-4-8-13(14)18-15(19)12-16(17)10-6-3-7-11-16/h4-5,8-9H,2-3,6-7,10-12,17H2,1H3. The predicted molar refractivity (Wildman–Crippen MR) is 79.1 cm³/mol. The van der Waals surface area contributed by atoms with E-state index in [0.29, 0.717) is 0 Å². The number of nitrogens with zero attached hydrogens (tertiary/aromatic N) is 2. The summed E-state index contributed by atoms with van der Waals surface area (Å²) in [6, 6.07) is 8.38. The highest BCUT2D eigenvalue weighted by molar-refractivity contribution is 5.75. The second-order valence-electron chi connectivity index (χ2n) is 5.86. The Morgan fingerprint density at radius 3 is 2.68 bits per heavy atom. The van der Waals surface area contributed by atoms with Crippen LogP contribution in [0.3, 0.4) is 0 Å². The fraction of sp³-hybridized carbons (Fsp3) is 0.562. The highest BCUT2D eigenvalue weighted by atomic mass is 15.1. The van der Waals surface area contributed by atoms with Gasteiger partial charge in [-0.3, -0.25) is 0 Å². The van der Waals surface area contributed by atoms with E-state index in [1.807, 2.05) is 0 Å². The van der Waals surface area contributed by atoms with Crippen molar-refractivity contribution in [3.8, 4) is 0 Å². The number of imidazole rings is 1. The van der Waals surface area contributed by atoms with Crippen LogP contribution >= 0.6 is 0 Å². The molecule has 0 aliphatic heterocycles. The lowest BCUT2D eigenvalue weighted by atomic mass is 9.80. The average Bonchev–Trinajstić information content (AvgIpc) is 2.75. The van der Waals surface area contributed by atoms with Crippen molar-refractivity contribution in [2.75, 3.05) is 0 Å². The molecule has 1 saturated carbocycles. The first kappa shape index (κ1) is 12.7. The molecule has 1 heterocycles. The summed E-state index contributed by atoms with van der Waals surface area (Å²) in [7, 11) is 0. The lowest BCUT2D eigenvalue weighted by Gasteiger charge is -2.33. The Kier molecular flexibility index (Phi) is 3.31. The molecule has 1 aromatic heterocycles. The molecule has 0 saturated heterocycles. The number of para-hydroxylation sites is 2. The van der Waals surface area contributed by atoms with Gasteiger partial charge in [0.25, 0.3) is 0 Å². The van der Waals surface area contributed by atoms with Crippen LogP contribution < -0.4 is 5.73 Å². The summed E-state index contributed by atoms with van der Waals surface area (Å²) in [6.45, 7) is 3.15. The van der Waals surface area contributed by atoms with Gasteiger partial charge in [0.05, 0.1) is 11.0 Å². The Bertz CT molecular complexity index is 564. The number of hydrogen-bond acceptors (Lipinski definition) is 2. The molecule has 2 N–H and O–H groups in total. The summed E-state index contributed by atoms with van der Waals surface area (Å²) < 4.78 is 2.32. The minimum absolute atomic E-state index is 0.0352. The number of rotatable bonds is 3. The molecule has 1 aliphatic rings. The topological polar surface area (TPSA) is 43.8 Å². The van der Waals surface area contributed by atoms with Crippen molar-refractivity contribution in [1.82, 2.24) is 9.55 Å². The first-order valence-corrected chi connectivity index (χ1v) is 7.45. The number of benzene rings is 1. The summed E-state index contributed by atoms with van der Waals surface area (Å²) in [4.78, 5) is 4.81. The van der Waals surface area contributed by atoms with Gasteiger partial charge in [-0.25, -0.2) is 4.98 Å². The molecule has 102 valence electrons. The van der Waals surface area contributed by atoms with Crippen LogP contribution in [0.4, 0.5) is 0 Å². The molecule has 3 heteroatoms. The zero-order valence-electron chi connectivity index (χ0n) is 11.7. The Morgan fingerprint density at radius 2 is 1.95 bits per heavy atom.